The van der Waals surface area contributed by atoms with Crippen LogP contribution in [0.1, 0.15) is 5.56 Å². The molecule has 3 heterocycles. The Morgan fingerprint density at radius 2 is 1.69 bits per heavy atom. The predicted octanol–water partition coefficient (Wildman–Crippen LogP) is 2.16. The molecular weight excluding hydrogens is 474 g/mol. The second kappa shape index (κ2) is 11.8. The van der Waals surface area contributed by atoms with E-state index >= 15 is 0 Å². The van der Waals surface area contributed by atoms with Crippen molar-refractivity contribution in [2.24, 2.45) is 0 Å². The molecule has 2 aromatic heterocycles. The summed E-state index contributed by atoms with van der Waals surface area (Å²) in [5, 5.41) is 6.27. The van der Waals surface area contributed by atoms with Crippen LogP contribution in [0, 0.1) is 11.6 Å². The third-order valence-corrected chi connectivity index (χ3v) is 5.79. The first-order valence-electron chi connectivity index (χ1n) is 11.4. The number of hydrogen-bond acceptors (Lipinski definition) is 9. The van der Waals surface area contributed by atoms with E-state index in [-0.39, 0.29) is 34.3 Å². The lowest BCUT2D eigenvalue weighted by molar-refractivity contribution is 0.231. The minimum Gasteiger partial charge on any atom is -0.494 e. The number of pyridine rings is 1. The average Bonchev–Trinajstić information content (AvgIpc) is 2.90. The third-order valence-electron chi connectivity index (χ3n) is 5.79. The van der Waals surface area contributed by atoms with Crippen LogP contribution in [0.2, 0.25) is 0 Å². The fourth-order valence-electron chi connectivity index (χ4n) is 3.76. The first-order chi connectivity index (χ1) is 17.5. The van der Waals surface area contributed by atoms with Gasteiger partial charge in [0.2, 0.25) is 5.95 Å². The average molecular weight is 503 g/mol. The molecule has 36 heavy (non-hydrogen) atoms. The van der Waals surface area contributed by atoms with Gasteiger partial charge in [0.25, 0.3) is 5.56 Å². The van der Waals surface area contributed by atoms with E-state index in [0.29, 0.717) is 12.2 Å². The van der Waals surface area contributed by atoms with Crippen LogP contribution in [0.25, 0.3) is 0 Å². The van der Waals surface area contributed by atoms with E-state index in [0.717, 1.165) is 38.8 Å². The molecule has 0 radical (unpaired) electrons. The molecule has 0 saturated carbocycles. The molecule has 1 aliphatic heterocycles. The molecule has 192 valence electrons. The van der Waals surface area contributed by atoms with Gasteiger partial charge >= 0.3 is 0 Å². The number of anilines is 2. The lowest BCUT2D eigenvalue weighted by Gasteiger charge is -2.27. The zero-order valence-corrected chi connectivity index (χ0v) is 20.1. The number of methoxy groups -OCH3 is 2. The SMILES string of the molecule is COc1cc(OC)c(F)c(COc2cnc(Nc3ccn(CCN4CCNCC4)c(=O)c3)nc2)c1F. The summed E-state index contributed by atoms with van der Waals surface area (Å²) in [4.78, 5) is 23.1. The Hall–Kier alpha value is -3.77. The van der Waals surface area contributed by atoms with Crippen molar-refractivity contribution in [1.82, 2.24) is 24.8 Å². The van der Waals surface area contributed by atoms with Gasteiger partial charge in [-0.3, -0.25) is 9.69 Å². The van der Waals surface area contributed by atoms with Gasteiger partial charge in [-0.15, -0.1) is 0 Å². The summed E-state index contributed by atoms with van der Waals surface area (Å²) < 4.78 is 46.0. The molecule has 12 heteroatoms. The van der Waals surface area contributed by atoms with E-state index in [1.54, 1.807) is 16.8 Å². The summed E-state index contributed by atoms with van der Waals surface area (Å²) in [6, 6.07) is 4.38. The normalized spacial score (nSPS) is 13.9. The summed E-state index contributed by atoms with van der Waals surface area (Å²) in [6.45, 7) is 4.88. The van der Waals surface area contributed by atoms with E-state index in [4.69, 9.17) is 14.2 Å². The molecule has 0 atom stereocenters. The van der Waals surface area contributed by atoms with Crippen molar-refractivity contribution in [2.75, 3.05) is 52.3 Å². The van der Waals surface area contributed by atoms with Gasteiger partial charge in [-0.1, -0.05) is 0 Å². The monoisotopic (exact) mass is 502 g/mol. The van der Waals surface area contributed by atoms with E-state index in [1.165, 1.54) is 32.7 Å². The van der Waals surface area contributed by atoms with Crippen LogP contribution in [-0.2, 0) is 13.2 Å². The zero-order valence-electron chi connectivity index (χ0n) is 20.1. The van der Waals surface area contributed by atoms with Crippen molar-refractivity contribution in [2.45, 2.75) is 13.2 Å². The Bertz CT molecular complexity index is 1200. The summed E-state index contributed by atoms with van der Waals surface area (Å²) >= 11 is 0. The highest BCUT2D eigenvalue weighted by molar-refractivity contribution is 5.51. The fourth-order valence-corrected chi connectivity index (χ4v) is 3.76. The van der Waals surface area contributed by atoms with Crippen LogP contribution in [-0.4, -0.2) is 66.4 Å². The topological polar surface area (TPSA) is 103 Å². The van der Waals surface area contributed by atoms with E-state index < -0.39 is 18.2 Å². The highest BCUT2D eigenvalue weighted by Crippen LogP contribution is 2.32. The number of nitrogens with zero attached hydrogens (tertiary/aromatic N) is 4. The number of halogens is 2. The van der Waals surface area contributed by atoms with Gasteiger partial charge in [-0.2, -0.15) is 0 Å². The first kappa shape index (κ1) is 25.3. The van der Waals surface area contributed by atoms with Gasteiger partial charge in [0.15, 0.2) is 28.9 Å². The molecule has 0 unspecified atom stereocenters. The Labute approximate surface area is 206 Å². The Morgan fingerprint density at radius 1 is 1.03 bits per heavy atom. The molecule has 10 nitrogen and oxygen atoms in total. The Morgan fingerprint density at radius 3 is 2.31 bits per heavy atom. The van der Waals surface area contributed by atoms with Crippen molar-refractivity contribution >= 4 is 11.6 Å². The van der Waals surface area contributed by atoms with Crippen LogP contribution in [0.4, 0.5) is 20.4 Å². The summed E-state index contributed by atoms with van der Waals surface area (Å²) in [6.07, 6.45) is 4.45. The lowest BCUT2D eigenvalue weighted by Crippen LogP contribution is -2.45. The van der Waals surface area contributed by atoms with E-state index in [9.17, 15) is 13.6 Å². The molecule has 0 aliphatic carbocycles. The molecule has 1 saturated heterocycles. The van der Waals surface area contributed by atoms with Crippen LogP contribution in [0.3, 0.4) is 0 Å². The molecule has 0 spiro atoms. The van der Waals surface area contributed by atoms with Gasteiger partial charge in [0, 0.05) is 63.3 Å². The number of piperazine rings is 1. The standard InChI is InChI=1S/C24H28F2N6O4/c1-34-19-12-20(35-2)23(26)18(22(19)25)15-36-17-13-28-24(29-14-17)30-16-3-6-32(21(33)11-16)10-9-31-7-4-27-5-8-31/h3,6,11-14,27H,4-5,7-10,15H2,1-2H3,(H,28,29,30). The lowest BCUT2D eigenvalue weighted by atomic mass is 10.1. The van der Waals surface area contributed by atoms with Crippen molar-refractivity contribution in [3.05, 3.63) is 64.3 Å². The fraction of sp³-hybridized carbons (Fsp3) is 0.375. The molecule has 0 bridgehead atoms. The van der Waals surface area contributed by atoms with Gasteiger partial charge in [0.05, 0.1) is 32.2 Å². The van der Waals surface area contributed by atoms with E-state index in [1.807, 2.05) is 0 Å². The molecular formula is C24H28F2N6O4. The van der Waals surface area contributed by atoms with Crippen molar-refractivity contribution < 1.29 is 23.0 Å². The molecule has 1 aromatic carbocycles. The third kappa shape index (κ3) is 6.07. The number of rotatable bonds is 10. The number of benzene rings is 1. The van der Waals surface area contributed by atoms with Gasteiger partial charge in [-0.05, 0) is 6.07 Å². The predicted molar refractivity (Wildman–Crippen MR) is 129 cm³/mol. The molecule has 0 amide bonds. The molecule has 1 aliphatic rings. The summed E-state index contributed by atoms with van der Waals surface area (Å²) in [5.41, 5.74) is 0.0680. The number of hydrogen-bond donors (Lipinski definition) is 2. The van der Waals surface area contributed by atoms with Gasteiger partial charge in [-0.25, -0.2) is 18.7 Å². The van der Waals surface area contributed by atoms with Crippen LogP contribution in [0.15, 0.2) is 41.6 Å². The summed E-state index contributed by atoms with van der Waals surface area (Å²) in [5.74, 6) is -1.64. The molecule has 3 aromatic rings. The Kier molecular flexibility index (Phi) is 8.28. The van der Waals surface area contributed by atoms with Crippen LogP contribution < -0.4 is 30.4 Å². The largest absolute Gasteiger partial charge is 0.494 e. The van der Waals surface area contributed by atoms with Crippen LogP contribution >= 0.6 is 0 Å². The quantitative estimate of drug-likeness (QED) is 0.432. The highest BCUT2D eigenvalue weighted by Gasteiger charge is 2.20. The second-order valence-corrected chi connectivity index (χ2v) is 8.08. The molecule has 4 rings (SSSR count). The van der Waals surface area contributed by atoms with Gasteiger partial charge in [0.1, 0.15) is 6.61 Å². The van der Waals surface area contributed by atoms with Gasteiger partial charge < -0.3 is 29.4 Å². The molecule has 1 fully saturated rings. The van der Waals surface area contributed by atoms with Crippen molar-refractivity contribution in [3.8, 4) is 17.2 Å². The van der Waals surface area contributed by atoms with Crippen molar-refractivity contribution in [3.63, 3.8) is 0 Å². The van der Waals surface area contributed by atoms with Crippen molar-refractivity contribution in [1.29, 1.82) is 0 Å². The minimum absolute atomic E-state index is 0.132. The maximum atomic E-state index is 14.5. The number of nitrogens with one attached hydrogen (secondary N) is 2. The van der Waals surface area contributed by atoms with E-state index in [2.05, 4.69) is 25.5 Å². The zero-order chi connectivity index (χ0) is 25.5. The summed E-state index contributed by atoms with van der Waals surface area (Å²) in [7, 11) is 2.55. The van der Waals surface area contributed by atoms with Crippen LogP contribution in [0.5, 0.6) is 17.2 Å². The number of ether oxygens (including phenoxy) is 3. The maximum absolute atomic E-state index is 14.5. The minimum atomic E-state index is -0.877. The molecule has 2 N–H and O–H groups in total. The highest BCUT2D eigenvalue weighted by atomic mass is 19.1. The second-order valence-electron chi connectivity index (χ2n) is 8.08. The number of aromatic nitrogens is 3. The first-order valence-corrected chi connectivity index (χ1v) is 11.4. The maximum Gasteiger partial charge on any atom is 0.252 e. The Balaban J connectivity index is 1.35. The smallest absolute Gasteiger partial charge is 0.252 e.